The van der Waals surface area contributed by atoms with Crippen molar-refractivity contribution in [3.05, 3.63) is 37.7 Å². The lowest BCUT2D eigenvalue weighted by Gasteiger charge is -2.27. The molecule has 1 aromatic carbocycles. The molecule has 3 aliphatic rings. The Hall–Kier alpha value is -2.52. The van der Waals surface area contributed by atoms with E-state index >= 15 is 0 Å². The largest absolute Gasteiger partial charge is 0.497 e. The number of methoxy groups -OCH3 is 1. The number of nitrogens with zero attached hydrogens (tertiary/aromatic N) is 4. The highest BCUT2D eigenvalue weighted by atomic mass is 32.2. The van der Waals surface area contributed by atoms with Crippen LogP contribution in [0.1, 0.15) is 39.0 Å². The average molecular weight is 471 g/mol. The second-order valence-electron chi connectivity index (χ2n) is 8.40. The fourth-order valence-electron chi connectivity index (χ4n) is 4.61. The van der Waals surface area contributed by atoms with Gasteiger partial charge in [0.05, 0.1) is 30.1 Å². The van der Waals surface area contributed by atoms with Gasteiger partial charge in [-0.2, -0.15) is 5.10 Å². The van der Waals surface area contributed by atoms with Crippen LogP contribution in [0, 0.1) is 0 Å². The van der Waals surface area contributed by atoms with Gasteiger partial charge in [0, 0.05) is 25.1 Å². The van der Waals surface area contributed by atoms with Crippen LogP contribution in [0.4, 0.5) is 5.69 Å². The molecule has 2 aliphatic heterocycles. The fraction of sp³-hybridized carbons (Fsp3) is 0.435. The summed E-state index contributed by atoms with van der Waals surface area (Å²) in [5, 5.41) is 7.15. The van der Waals surface area contributed by atoms with Gasteiger partial charge in [-0.25, -0.2) is 5.01 Å². The van der Waals surface area contributed by atoms with Gasteiger partial charge in [0.1, 0.15) is 20.0 Å². The number of rotatable bonds is 2. The van der Waals surface area contributed by atoms with Gasteiger partial charge in [-0.15, -0.1) is 11.3 Å². The zero-order chi connectivity index (χ0) is 22.6. The molecule has 9 heteroatoms. The number of carbonyl (C=O) groups is 1. The van der Waals surface area contributed by atoms with E-state index < -0.39 is 0 Å². The summed E-state index contributed by atoms with van der Waals surface area (Å²) in [6, 6.07) is 6.07. The standard InChI is InChI=1S/C23H26N4O3S2/c1-13-18(20(28)27(24-13)14-8-6-5-7-9-14)22-26(3)21(29)19(32-22)23-25(2)16-12-15(30-4)10-11-17(16)31-23/h10-12,14H,5-9H2,1-4H3. The predicted octanol–water partition coefficient (Wildman–Crippen LogP) is 2.46. The number of anilines is 1. The molecule has 0 unspecified atom stereocenters. The Morgan fingerprint density at radius 2 is 1.88 bits per heavy atom. The molecule has 1 aromatic heterocycles. The van der Waals surface area contributed by atoms with E-state index in [9.17, 15) is 9.59 Å². The molecular formula is C23H26N4O3S2. The van der Waals surface area contributed by atoms with Gasteiger partial charge in [-0.1, -0.05) is 31.0 Å². The van der Waals surface area contributed by atoms with Gasteiger partial charge in [-0.05, 0) is 31.9 Å². The van der Waals surface area contributed by atoms with Crippen LogP contribution in [0.2, 0.25) is 0 Å². The van der Waals surface area contributed by atoms with E-state index in [4.69, 9.17) is 4.74 Å². The maximum Gasteiger partial charge on any atom is 0.279 e. The van der Waals surface area contributed by atoms with Crippen LogP contribution in [0.15, 0.2) is 33.0 Å². The maximum absolute atomic E-state index is 13.4. The molecule has 5 rings (SSSR count). The summed E-state index contributed by atoms with van der Waals surface area (Å²) in [5.74, 6) is 0.697. The third-order valence-electron chi connectivity index (χ3n) is 6.41. The molecule has 0 bridgehead atoms. The Balaban J connectivity index is 1.62. The van der Waals surface area contributed by atoms with Gasteiger partial charge in [0.25, 0.3) is 11.5 Å². The van der Waals surface area contributed by atoms with Gasteiger partial charge in [0.15, 0.2) is 0 Å². The number of thioether (sulfide) groups is 1. The highest BCUT2D eigenvalue weighted by molar-refractivity contribution is 8.08. The Kier molecular flexibility index (Phi) is 5.41. The van der Waals surface area contributed by atoms with Crippen LogP contribution in [0.5, 0.6) is 5.75 Å². The summed E-state index contributed by atoms with van der Waals surface area (Å²) in [7, 11) is 5.34. The Bertz CT molecular complexity index is 1320. The van der Waals surface area contributed by atoms with Gasteiger partial charge >= 0.3 is 0 Å². The van der Waals surface area contributed by atoms with Crippen molar-refractivity contribution < 1.29 is 9.53 Å². The van der Waals surface area contributed by atoms with E-state index in [1.54, 1.807) is 35.5 Å². The predicted molar refractivity (Wildman–Crippen MR) is 130 cm³/mol. The number of amides is 1. The molecule has 0 saturated heterocycles. The van der Waals surface area contributed by atoms with Crippen LogP contribution in [-0.2, 0) is 11.8 Å². The summed E-state index contributed by atoms with van der Waals surface area (Å²) in [6.07, 6.45) is 5.47. The lowest BCUT2D eigenvalue weighted by Crippen LogP contribution is -2.37. The minimum absolute atomic E-state index is 0.0803. The number of aromatic nitrogens is 1. The van der Waals surface area contributed by atoms with Crippen LogP contribution >= 0.6 is 23.1 Å². The minimum Gasteiger partial charge on any atom is -0.497 e. The number of hydrogen-bond donors (Lipinski definition) is 0. The van der Waals surface area contributed by atoms with Crippen molar-refractivity contribution >= 4 is 51.0 Å². The van der Waals surface area contributed by atoms with Gasteiger partial charge < -0.3 is 14.2 Å². The third kappa shape index (κ3) is 3.29. The fourth-order valence-corrected chi connectivity index (χ4v) is 7.11. The molecule has 0 radical (unpaired) electrons. The molecular weight excluding hydrogens is 444 g/mol. The van der Waals surface area contributed by atoms with E-state index in [1.807, 2.05) is 37.1 Å². The number of fused-ring (bicyclic) bond motifs is 1. The molecule has 1 saturated carbocycles. The molecule has 168 valence electrons. The molecule has 1 aliphatic carbocycles. The van der Waals surface area contributed by atoms with Crippen molar-refractivity contribution in [1.82, 2.24) is 9.58 Å². The first-order chi connectivity index (χ1) is 15.4. The van der Waals surface area contributed by atoms with Crippen molar-refractivity contribution in [2.75, 3.05) is 19.1 Å². The molecule has 0 N–H and O–H groups in total. The summed E-state index contributed by atoms with van der Waals surface area (Å²) in [5.41, 5.74) is 2.15. The highest BCUT2D eigenvalue weighted by Crippen LogP contribution is 2.46. The summed E-state index contributed by atoms with van der Waals surface area (Å²) in [4.78, 5) is 29.7. The number of carbonyl (C=O) groups excluding carboxylic acids is 1. The SMILES string of the molecule is COc1ccc2c(c1)N(C)C(=c1sc(=C3C(=O)N(C4CCCCC4)N=C3C)n(C)c1=O)S2. The molecule has 1 amide bonds. The molecule has 7 nitrogen and oxygen atoms in total. The van der Waals surface area contributed by atoms with E-state index in [1.165, 1.54) is 17.8 Å². The highest BCUT2D eigenvalue weighted by Gasteiger charge is 2.35. The van der Waals surface area contributed by atoms with Crippen LogP contribution in [0.3, 0.4) is 0 Å². The Morgan fingerprint density at radius 3 is 2.59 bits per heavy atom. The number of ether oxygens (including phenoxy) is 1. The van der Waals surface area contributed by atoms with Gasteiger partial charge in [-0.3, -0.25) is 9.59 Å². The minimum atomic E-state index is -0.0941. The number of thiazole rings is 1. The molecule has 0 atom stereocenters. The molecule has 3 heterocycles. The third-order valence-corrected chi connectivity index (χ3v) is 9.02. The van der Waals surface area contributed by atoms with E-state index in [-0.39, 0.29) is 17.5 Å². The van der Waals surface area contributed by atoms with Crippen molar-refractivity contribution in [2.24, 2.45) is 12.1 Å². The molecule has 0 spiro atoms. The maximum atomic E-state index is 13.4. The lowest BCUT2D eigenvalue weighted by molar-refractivity contribution is -0.126. The van der Waals surface area contributed by atoms with Crippen LogP contribution < -0.4 is 24.4 Å². The Labute approximate surface area is 194 Å². The van der Waals surface area contributed by atoms with Crippen molar-refractivity contribution in [2.45, 2.75) is 50.0 Å². The quantitative estimate of drug-likeness (QED) is 0.675. The zero-order valence-corrected chi connectivity index (χ0v) is 20.3. The first-order valence-corrected chi connectivity index (χ1v) is 12.5. The van der Waals surface area contributed by atoms with Crippen molar-refractivity contribution in [1.29, 1.82) is 0 Å². The van der Waals surface area contributed by atoms with E-state index in [0.29, 0.717) is 20.5 Å². The number of benzene rings is 1. The molecule has 1 fully saturated rings. The Morgan fingerprint density at radius 1 is 1.12 bits per heavy atom. The van der Waals surface area contributed by atoms with Gasteiger partial charge in [0.2, 0.25) is 0 Å². The summed E-state index contributed by atoms with van der Waals surface area (Å²) >= 11 is 2.94. The second kappa shape index (κ2) is 8.12. The number of hydrogen-bond acceptors (Lipinski definition) is 7. The topological polar surface area (TPSA) is 67.1 Å². The molecule has 32 heavy (non-hydrogen) atoms. The van der Waals surface area contributed by atoms with Crippen molar-refractivity contribution in [3.8, 4) is 5.75 Å². The van der Waals surface area contributed by atoms with Crippen LogP contribution in [0.25, 0.3) is 10.6 Å². The summed E-state index contributed by atoms with van der Waals surface area (Å²) < 4.78 is 8.26. The smallest absolute Gasteiger partial charge is 0.279 e. The second-order valence-corrected chi connectivity index (χ2v) is 10.4. The zero-order valence-electron chi connectivity index (χ0n) is 18.7. The van der Waals surface area contributed by atoms with E-state index in [2.05, 4.69) is 5.10 Å². The first kappa shape index (κ1) is 21.3. The van der Waals surface area contributed by atoms with Crippen LogP contribution in [-0.4, -0.2) is 41.4 Å². The monoisotopic (exact) mass is 470 g/mol. The summed E-state index contributed by atoms with van der Waals surface area (Å²) in [6.45, 7) is 1.87. The molecule has 2 aromatic rings. The lowest BCUT2D eigenvalue weighted by atomic mass is 9.95. The number of hydrazone groups is 1. The normalized spacial score (nSPS) is 22.5. The van der Waals surface area contributed by atoms with Crippen molar-refractivity contribution in [3.63, 3.8) is 0 Å². The van der Waals surface area contributed by atoms with E-state index in [0.717, 1.165) is 47.0 Å². The first-order valence-electron chi connectivity index (χ1n) is 10.8. The average Bonchev–Trinajstić information content (AvgIpc) is 3.40.